The van der Waals surface area contributed by atoms with Gasteiger partial charge in [0.25, 0.3) is 0 Å². The molecule has 4 nitrogen and oxygen atoms in total. The van der Waals surface area contributed by atoms with Crippen molar-refractivity contribution in [1.29, 1.82) is 0 Å². The Balaban J connectivity index is 1.71. The summed E-state index contributed by atoms with van der Waals surface area (Å²) in [6.07, 6.45) is 1.31. The molecule has 0 bridgehead atoms. The van der Waals surface area contributed by atoms with E-state index in [1.54, 1.807) is 0 Å². The Hall–Kier alpha value is -3.60. The zero-order valence-electron chi connectivity index (χ0n) is 16.6. The topological polar surface area (TPSA) is 73.3 Å². The minimum atomic E-state index is -1.16. The van der Waals surface area contributed by atoms with Gasteiger partial charge in [-0.2, -0.15) is 0 Å². The molecule has 0 atom stereocenters. The van der Waals surface area contributed by atoms with Crippen LogP contribution in [0.3, 0.4) is 0 Å². The Labute approximate surface area is 172 Å². The smallest absolute Gasteiger partial charge is 0.339 e. The molecule has 0 unspecified atom stereocenters. The van der Waals surface area contributed by atoms with Crippen LogP contribution in [0.1, 0.15) is 32.6 Å². The number of hydrogen-bond acceptors (Lipinski definition) is 2. The number of carboxylic acid groups (broad SMARTS) is 1. The number of aromatic nitrogens is 1. The fourth-order valence-corrected chi connectivity index (χ4v) is 4.41. The van der Waals surface area contributed by atoms with E-state index in [1.807, 2.05) is 44.2 Å². The summed E-state index contributed by atoms with van der Waals surface area (Å²) in [7, 11) is 0. The summed E-state index contributed by atoms with van der Waals surface area (Å²) in [4.78, 5) is 14.6. The summed E-state index contributed by atoms with van der Waals surface area (Å²) in [5.74, 6) is -1.76. The van der Waals surface area contributed by atoms with Crippen molar-refractivity contribution in [1.82, 2.24) is 4.98 Å². The van der Waals surface area contributed by atoms with Crippen molar-refractivity contribution in [3.8, 4) is 28.1 Å². The molecule has 0 aliphatic heterocycles. The first kappa shape index (κ1) is 18.4. The number of nitrogens with one attached hydrogen (secondary N) is 1. The highest BCUT2D eigenvalue weighted by atomic mass is 19.1. The maximum absolute atomic E-state index is 15.5. The standard InChI is InChI=1S/C25H20FNO3/c1-12-3-4-14(9-13(12)2)16-7-8-18-17-6-5-15-10-20(25(29)30)21(28)11-19(15)23(17)27-24(18)22(16)26/h3-4,7-11,27-28H,5-6H2,1-2H3,(H,29,30). The van der Waals surface area contributed by atoms with Gasteiger partial charge in [-0.3, -0.25) is 0 Å². The van der Waals surface area contributed by atoms with Crippen LogP contribution in [0.15, 0.2) is 42.5 Å². The molecule has 5 rings (SSSR count). The molecule has 0 amide bonds. The minimum Gasteiger partial charge on any atom is -0.507 e. The van der Waals surface area contributed by atoms with Gasteiger partial charge < -0.3 is 15.2 Å². The molecule has 30 heavy (non-hydrogen) atoms. The Bertz CT molecular complexity index is 1370. The highest BCUT2D eigenvalue weighted by Gasteiger charge is 2.25. The first-order valence-corrected chi connectivity index (χ1v) is 9.85. The lowest BCUT2D eigenvalue weighted by molar-refractivity contribution is 0.0693. The quantitative estimate of drug-likeness (QED) is 0.400. The van der Waals surface area contributed by atoms with Gasteiger partial charge in [-0.15, -0.1) is 0 Å². The van der Waals surface area contributed by atoms with Gasteiger partial charge in [0, 0.05) is 16.5 Å². The Morgan fingerprint density at radius 1 is 1.00 bits per heavy atom. The van der Waals surface area contributed by atoms with E-state index in [1.165, 1.54) is 12.1 Å². The van der Waals surface area contributed by atoms with Gasteiger partial charge in [0.05, 0.1) is 11.2 Å². The Morgan fingerprint density at radius 3 is 2.53 bits per heavy atom. The molecule has 1 heterocycles. The van der Waals surface area contributed by atoms with Crippen molar-refractivity contribution >= 4 is 16.9 Å². The van der Waals surface area contributed by atoms with E-state index in [4.69, 9.17) is 0 Å². The molecular formula is C25H20FNO3. The third-order valence-electron chi connectivity index (χ3n) is 6.20. The van der Waals surface area contributed by atoms with E-state index >= 15 is 4.39 Å². The molecule has 5 heteroatoms. The number of rotatable bonds is 2. The first-order chi connectivity index (χ1) is 14.3. The molecule has 4 aromatic rings. The summed E-state index contributed by atoms with van der Waals surface area (Å²) < 4.78 is 15.5. The summed E-state index contributed by atoms with van der Waals surface area (Å²) in [5.41, 5.74) is 7.25. The van der Waals surface area contributed by atoms with Crippen molar-refractivity contribution in [2.24, 2.45) is 0 Å². The number of benzene rings is 3. The number of aromatic hydroxyl groups is 1. The van der Waals surface area contributed by atoms with Gasteiger partial charge in [0.15, 0.2) is 5.82 Å². The molecular weight excluding hydrogens is 381 g/mol. The largest absolute Gasteiger partial charge is 0.507 e. The number of halogens is 1. The van der Waals surface area contributed by atoms with Crippen LogP contribution in [0.2, 0.25) is 0 Å². The van der Waals surface area contributed by atoms with Crippen LogP contribution < -0.4 is 0 Å². The molecule has 1 aliphatic carbocycles. The monoisotopic (exact) mass is 401 g/mol. The number of carboxylic acids is 1. The maximum Gasteiger partial charge on any atom is 0.339 e. The van der Waals surface area contributed by atoms with Gasteiger partial charge in [0.2, 0.25) is 0 Å². The van der Waals surface area contributed by atoms with Gasteiger partial charge in [-0.25, -0.2) is 9.18 Å². The number of fused-ring (bicyclic) bond motifs is 5. The van der Waals surface area contributed by atoms with Crippen molar-refractivity contribution in [2.45, 2.75) is 26.7 Å². The van der Waals surface area contributed by atoms with Crippen molar-refractivity contribution in [3.05, 3.63) is 76.1 Å². The van der Waals surface area contributed by atoms with Crippen LogP contribution in [0.4, 0.5) is 4.39 Å². The summed E-state index contributed by atoms with van der Waals surface area (Å²) in [6, 6.07) is 12.6. The second-order valence-electron chi connectivity index (χ2n) is 7.96. The molecule has 3 aromatic carbocycles. The number of aryl methyl sites for hydroxylation is 4. The Morgan fingerprint density at radius 2 is 1.80 bits per heavy atom. The average Bonchev–Trinajstić information content (AvgIpc) is 3.10. The third kappa shape index (κ3) is 2.62. The molecule has 150 valence electrons. The van der Waals surface area contributed by atoms with Gasteiger partial charge in [-0.1, -0.05) is 30.3 Å². The lowest BCUT2D eigenvalue weighted by Gasteiger charge is -2.18. The van der Waals surface area contributed by atoms with Crippen LogP contribution >= 0.6 is 0 Å². The number of carbonyl (C=O) groups is 1. The highest BCUT2D eigenvalue weighted by Crippen LogP contribution is 2.42. The number of aromatic amines is 1. The molecule has 0 saturated carbocycles. The zero-order valence-corrected chi connectivity index (χ0v) is 16.6. The highest BCUT2D eigenvalue weighted by molar-refractivity contribution is 5.97. The van der Waals surface area contributed by atoms with Crippen LogP contribution in [0.25, 0.3) is 33.3 Å². The van der Waals surface area contributed by atoms with Crippen LogP contribution in [0, 0.1) is 19.7 Å². The molecule has 0 fully saturated rings. The van der Waals surface area contributed by atoms with E-state index in [9.17, 15) is 15.0 Å². The number of H-pyrrole nitrogens is 1. The lowest BCUT2D eigenvalue weighted by atomic mass is 9.87. The molecule has 0 radical (unpaired) electrons. The zero-order chi connectivity index (χ0) is 21.2. The normalized spacial score (nSPS) is 12.6. The third-order valence-corrected chi connectivity index (χ3v) is 6.20. The summed E-state index contributed by atoms with van der Waals surface area (Å²) in [5, 5.41) is 20.3. The van der Waals surface area contributed by atoms with Crippen LogP contribution in [0.5, 0.6) is 5.75 Å². The number of phenols is 1. The molecule has 3 N–H and O–H groups in total. The van der Waals surface area contributed by atoms with Crippen molar-refractivity contribution in [2.75, 3.05) is 0 Å². The first-order valence-electron chi connectivity index (χ1n) is 9.85. The summed E-state index contributed by atoms with van der Waals surface area (Å²) >= 11 is 0. The van der Waals surface area contributed by atoms with Gasteiger partial charge >= 0.3 is 5.97 Å². The molecule has 0 spiro atoms. The molecule has 1 aliphatic rings. The van der Waals surface area contributed by atoms with Crippen LogP contribution in [-0.2, 0) is 12.8 Å². The second-order valence-corrected chi connectivity index (χ2v) is 7.96. The van der Waals surface area contributed by atoms with E-state index in [-0.39, 0.29) is 17.1 Å². The minimum absolute atomic E-state index is 0.114. The maximum atomic E-state index is 15.5. The predicted molar refractivity (Wildman–Crippen MR) is 115 cm³/mol. The lowest BCUT2D eigenvalue weighted by Crippen LogP contribution is -2.06. The van der Waals surface area contributed by atoms with E-state index in [2.05, 4.69) is 4.98 Å². The fourth-order valence-electron chi connectivity index (χ4n) is 4.41. The van der Waals surface area contributed by atoms with Gasteiger partial charge in [0.1, 0.15) is 11.3 Å². The summed E-state index contributed by atoms with van der Waals surface area (Å²) in [6.45, 7) is 4.04. The molecule has 0 saturated heterocycles. The average molecular weight is 401 g/mol. The van der Waals surface area contributed by atoms with Crippen LogP contribution in [-0.4, -0.2) is 21.2 Å². The fraction of sp³-hybridized carbons (Fsp3) is 0.160. The number of aromatic carboxylic acids is 1. The van der Waals surface area contributed by atoms with E-state index in [0.717, 1.165) is 44.5 Å². The molecule has 1 aromatic heterocycles. The predicted octanol–water partition coefficient (Wildman–Crippen LogP) is 5.76. The van der Waals surface area contributed by atoms with E-state index in [0.29, 0.717) is 23.9 Å². The second kappa shape index (κ2) is 6.46. The van der Waals surface area contributed by atoms with Gasteiger partial charge in [-0.05, 0) is 66.6 Å². The SMILES string of the molecule is Cc1ccc(-c2ccc3c4c([nH]c3c2F)-c2cc(O)c(C(=O)O)cc2CC4)cc1C. The van der Waals surface area contributed by atoms with Crippen molar-refractivity contribution < 1.29 is 19.4 Å². The van der Waals surface area contributed by atoms with Crippen molar-refractivity contribution in [3.63, 3.8) is 0 Å². The number of hydrogen-bond donors (Lipinski definition) is 3. The van der Waals surface area contributed by atoms with E-state index < -0.39 is 5.97 Å². The Kier molecular flexibility index (Phi) is 3.97.